The van der Waals surface area contributed by atoms with E-state index in [4.69, 9.17) is 5.73 Å². The average molecular weight is 270 g/mol. The Morgan fingerprint density at radius 1 is 1.44 bits per heavy atom. The Labute approximate surface area is 104 Å². The summed E-state index contributed by atoms with van der Waals surface area (Å²) in [4.78, 5) is 3.75. The van der Waals surface area contributed by atoms with Crippen molar-refractivity contribution in [2.24, 2.45) is 14.1 Å². The molecule has 0 aromatic carbocycles. The number of hydrogen-bond donors (Lipinski definition) is 2. The van der Waals surface area contributed by atoms with Gasteiger partial charge in [-0.3, -0.25) is 4.68 Å². The van der Waals surface area contributed by atoms with Crippen LogP contribution in [0.4, 0.5) is 5.82 Å². The van der Waals surface area contributed by atoms with E-state index in [1.807, 2.05) is 0 Å². The van der Waals surface area contributed by atoms with Crippen molar-refractivity contribution in [3.05, 3.63) is 24.3 Å². The first-order valence-corrected chi connectivity index (χ1v) is 6.63. The molecule has 0 radical (unpaired) electrons. The molecule has 0 atom stereocenters. The molecule has 0 unspecified atom stereocenters. The van der Waals surface area contributed by atoms with Gasteiger partial charge in [-0.1, -0.05) is 0 Å². The molecule has 9 heteroatoms. The largest absolute Gasteiger partial charge is 0.381 e. The van der Waals surface area contributed by atoms with Crippen LogP contribution in [0.15, 0.2) is 23.6 Å². The van der Waals surface area contributed by atoms with E-state index in [-0.39, 0.29) is 17.4 Å². The summed E-state index contributed by atoms with van der Waals surface area (Å²) in [5, 5.41) is 3.92. The molecule has 2 aromatic heterocycles. The summed E-state index contributed by atoms with van der Waals surface area (Å²) < 4.78 is 29.5. The van der Waals surface area contributed by atoms with Crippen molar-refractivity contribution in [3.63, 3.8) is 0 Å². The second-order valence-corrected chi connectivity index (χ2v) is 5.50. The van der Waals surface area contributed by atoms with E-state index in [1.54, 1.807) is 31.0 Å². The van der Waals surface area contributed by atoms with E-state index >= 15 is 0 Å². The van der Waals surface area contributed by atoms with Crippen molar-refractivity contribution < 1.29 is 8.42 Å². The topological polar surface area (TPSA) is 108 Å². The van der Waals surface area contributed by atoms with Gasteiger partial charge in [0.25, 0.3) is 10.0 Å². The molecule has 0 aliphatic heterocycles. The summed E-state index contributed by atoms with van der Waals surface area (Å²) in [5.41, 5.74) is 6.29. The highest BCUT2D eigenvalue weighted by Gasteiger charge is 2.22. The third-order valence-corrected chi connectivity index (χ3v) is 4.06. The number of aromatic nitrogens is 4. The minimum atomic E-state index is -3.69. The number of rotatable bonds is 4. The van der Waals surface area contributed by atoms with Gasteiger partial charge >= 0.3 is 0 Å². The standard InChI is InChI=1S/C9H14N6O2S/c1-14-6-11-8(10)9(14)18(16,17)13-5-7-3-4-12-15(7)2/h3-4,6,13H,5,10H2,1-2H3. The van der Waals surface area contributed by atoms with Crippen molar-refractivity contribution in [3.8, 4) is 0 Å². The summed E-state index contributed by atoms with van der Waals surface area (Å²) in [6.07, 6.45) is 2.95. The smallest absolute Gasteiger partial charge is 0.260 e. The van der Waals surface area contributed by atoms with Gasteiger partial charge in [-0.05, 0) is 6.07 Å². The lowest BCUT2D eigenvalue weighted by atomic mass is 10.4. The normalized spacial score (nSPS) is 11.9. The molecule has 3 N–H and O–H groups in total. The maximum absolute atomic E-state index is 12.1. The Morgan fingerprint density at radius 3 is 2.67 bits per heavy atom. The second kappa shape index (κ2) is 4.42. The van der Waals surface area contributed by atoms with Gasteiger partial charge in [0, 0.05) is 20.3 Å². The van der Waals surface area contributed by atoms with Crippen molar-refractivity contribution in [1.29, 1.82) is 0 Å². The number of hydrogen-bond acceptors (Lipinski definition) is 5. The minimum Gasteiger partial charge on any atom is -0.381 e. The zero-order valence-corrected chi connectivity index (χ0v) is 10.8. The van der Waals surface area contributed by atoms with Crippen molar-refractivity contribution >= 4 is 15.8 Å². The van der Waals surface area contributed by atoms with Gasteiger partial charge < -0.3 is 10.3 Å². The molecule has 2 aromatic rings. The number of imidazole rings is 1. The number of nitrogens with zero attached hydrogens (tertiary/aromatic N) is 4. The summed E-state index contributed by atoms with van der Waals surface area (Å²) in [6, 6.07) is 1.73. The monoisotopic (exact) mass is 270 g/mol. The summed E-state index contributed by atoms with van der Waals surface area (Å²) in [7, 11) is -0.377. The highest BCUT2D eigenvalue weighted by molar-refractivity contribution is 7.89. The van der Waals surface area contributed by atoms with Crippen molar-refractivity contribution in [1.82, 2.24) is 24.1 Å². The van der Waals surface area contributed by atoms with E-state index in [9.17, 15) is 8.42 Å². The molecule has 0 amide bonds. The number of nitrogen functional groups attached to an aromatic ring is 1. The van der Waals surface area contributed by atoms with Gasteiger partial charge in [0.15, 0.2) is 10.8 Å². The molecule has 2 heterocycles. The van der Waals surface area contributed by atoms with Crippen LogP contribution < -0.4 is 10.5 Å². The van der Waals surface area contributed by atoms with Crippen LogP contribution >= 0.6 is 0 Å². The molecule has 18 heavy (non-hydrogen) atoms. The first kappa shape index (κ1) is 12.6. The summed E-state index contributed by atoms with van der Waals surface area (Å²) >= 11 is 0. The van der Waals surface area contributed by atoms with Crippen LogP contribution in [0.2, 0.25) is 0 Å². The molecule has 0 bridgehead atoms. The van der Waals surface area contributed by atoms with Gasteiger partial charge in [-0.25, -0.2) is 18.1 Å². The van der Waals surface area contributed by atoms with Crippen LogP contribution in [0.3, 0.4) is 0 Å². The highest BCUT2D eigenvalue weighted by Crippen LogP contribution is 2.15. The third kappa shape index (κ3) is 2.22. The Kier molecular flexibility index (Phi) is 3.09. The lowest BCUT2D eigenvalue weighted by Crippen LogP contribution is -2.26. The number of aryl methyl sites for hydroxylation is 2. The van der Waals surface area contributed by atoms with Crippen LogP contribution in [0.5, 0.6) is 0 Å². The first-order chi connectivity index (χ1) is 8.42. The fourth-order valence-corrected chi connectivity index (χ4v) is 2.81. The molecule has 0 saturated heterocycles. The molecule has 2 rings (SSSR count). The van der Waals surface area contributed by atoms with Gasteiger partial charge in [-0.15, -0.1) is 0 Å². The highest BCUT2D eigenvalue weighted by atomic mass is 32.2. The Hall–Kier alpha value is -1.87. The number of nitrogens with one attached hydrogen (secondary N) is 1. The van der Waals surface area contributed by atoms with Crippen LogP contribution in [-0.2, 0) is 30.7 Å². The molecular weight excluding hydrogens is 256 g/mol. The number of nitrogens with two attached hydrogens (primary N) is 1. The molecule has 0 fully saturated rings. The van der Waals surface area contributed by atoms with Gasteiger partial charge in [0.1, 0.15) is 0 Å². The van der Waals surface area contributed by atoms with E-state index < -0.39 is 10.0 Å². The van der Waals surface area contributed by atoms with Gasteiger partial charge in [0.05, 0.1) is 18.6 Å². The lowest BCUT2D eigenvalue weighted by Gasteiger charge is -2.08. The van der Waals surface area contributed by atoms with Crippen LogP contribution in [0.1, 0.15) is 5.69 Å². The zero-order valence-electron chi connectivity index (χ0n) is 10.0. The maximum Gasteiger partial charge on any atom is 0.260 e. The summed E-state index contributed by atoms with van der Waals surface area (Å²) in [5.74, 6) is -0.0185. The quantitative estimate of drug-likeness (QED) is 0.757. The Bertz CT molecular complexity index is 637. The van der Waals surface area contributed by atoms with Gasteiger partial charge in [-0.2, -0.15) is 5.10 Å². The first-order valence-electron chi connectivity index (χ1n) is 5.15. The Morgan fingerprint density at radius 2 is 2.17 bits per heavy atom. The van der Waals surface area contributed by atoms with Crippen LogP contribution in [-0.4, -0.2) is 27.7 Å². The van der Waals surface area contributed by atoms with E-state index in [1.165, 1.54) is 10.9 Å². The maximum atomic E-state index is 12.1. The predicted molar refractivity (Wildman–Crippen MR) is 64.9 cm³/mol. The van der Waals surface area contributed by atoms with E-state index in [2.05, 4.69) is 14.8 Å². The number of sulfonamides is 1. The van der Waals surface area contributed by atoms with Crippen molar-refractivity contribution in [2.75, 3.05) is 5.73 Å². The second-order valence-electron chi connectivity index (χ2n) is 3.82. The van der Waals surface area contributed by atoms with E-state index in [0.717, 1.165) is 5.69 Å². The average Bonchev–Trinajstić information content (AvgIpc) is 2.83. The lowest BCUT2D eigenvalue weighted by molar-refractivity contribution is 0.568. The summed E-state index contributed by atoms with van der Waals surface area (Å²) in [6.45, 7) is 0.142. The molecule has 0 aliphatic carbocycles. The fourth-order valence-electron chi connectivity index (χ4n) is 1.58. The third-order valence-electron chi connectivity index (χ3n) is 2.53. The molecule has 0 spiro atoms. The van der Waals surface area contributed by atoms with Crippen molar-refractivity contribution in [2.45, 2.75) is 11.6 Å². The van der Waals surface area contributed by atoms with E-state index in [0.29, 0.717) is 0 Å². The minimum absolute atomic E-state index is 0.0185. The van der Waals surface area contributed by atoms with Crippen LogP contribution in [0.25, 0.3) is 0 Å². The molecule has 0 aliphatic rings. The SMILES string of the molecule is Cn1cnc(N)c1S(=O)(=O)NCc1ccnn1C. The fraction of sp³-hybridized carbons (Fsp3) is 0.333. The predicted octanol–water partition coefficient (Wildman–Crippen LogP) is -0.786. The number of anilines is 1. The molecule has 8 nitrogen and oxygen atoms in total. The van der Waals surface area contributed by atoms with Crippen LogP contribution in [0, 0.1) is 0 Å². The zero-order chi connectivity index (χ0) is 13.3. The molecule has 98 valence electrons. The Balaban J connectivity index is 2.21. The molecule has 0 saturated carbocycles. The molecular formula is C9H14N6O2S. The van der Waals surface area contributed by atoms with Gasteiger partial charge in [0.2, 0.25) is 0 Å².